The van der Waals surface area contributed by atoms with E-state index in [2.05, 4.69) is 35.1 Å². The Hall–Kier alpha value is -2.68. The Morgan fingerprint density at radius 2 is 1.92 bits per heavy atom. The molecule has 1 aromatic carbocycles. The summed E-state index contributed by atoms with van der Waals surface area (Å²) >= 11 is 0. The lowest BCUT2D eigenvalue weighted by Crippen LogP contribution is -2.43. The fourth-order valence-electron chi connectivity index (χ4n) is 2.83. The smallest absolute Gasteiger partial charge is 0.328 e. The Kier molecular flexibility index (Phi) is 6.90. The summed E-state index contributed by atoms with van der Waals surface area (Å²) in [5.74, 6) is -2.51. The van der Waals surface area contributed by atoms with Crippen molar-refractivity contribution in [2.24, 2.45) is 0 Å². The number of benzene rings is 1. The maximum atomic E-state index is 9.55. The summed E-state index contributed by atoms with van der Waals surface area (Å²) in [4.78, 5) is 24.5. The first-order valence-corrected chi connectivity index (χ1v) is 8.05. The van der Waals surface area contributed by atoms with Gasteiger partial charge in [-0.3, -0.25) is 0 Å². The predicted octanol–water partition coefficient (Wildman–Crippen LogP) is 1.24. The molecule has 0 amide bonds. The number of aliphatic hydroxyl groups is 1. The van der Waals surface area contributed by atoms with Crippen LogP contribution in [0.5, 0.6) is 0 Å². The van der Waals surface area contributed by atoms with Gasteiger partial charge in [0.25, 0.3) is 0 Å². The highest BCUT2D eigenvalue weighted by atomic mass is 16.5. The van der Waals surface area contributed by atoms with E-state index in [-0.39, 0.29) is 18.8 Å². The van der Waals surface area contributed by atoms with Gasteiger partial charge in [0.05, 0.1) is 18.8 Å². The topological polar surface area (TPSA) is 123 Å². The first-order valence-electron chi connectivity index (χ1n) is 8.05. The molecule has 0 saturated carbocycles. The monoisotopic (exact) mass is 362 g/mol. The van der Waals surface area contributed by atoms with Crippen LogP contribution in [0.3, 0.4) is 0 Å². The van der Waals surface area contributed by atoms with Crippen LogP contribution in [0, 0.1) is 0 Å². The van der Waals surface area contributed by atoms with Crippen molar-refractivity contribution in [3.8, 4) is 0 Å². The molecule has 8 heteroatoms. The number of aliphatic carboxylic acids is 2. The van der Waals surface area contributed by atoms with Crippen LogP contribution in [-0.4, -0.2) is 70.0 Å². The quantitative estimate of drug-likeness (QED) is 0.604. The van der Waals surface area contributed by atoms with Crippen LogP contribution in [0.4, 0.5) is 0 Å². The fourth-order valence-corrected chi connectivity index (χ4v) is 2.83. The molecular weight excluding hydrogens is 340 g/mol. The maximum Gasteiger partial charge on any atom is 0.328 e. The molecule has 0 spiro atoms. The van der Waals surface area contributed by atoms with Gasteiger partial charge < -0.3 is 29.9 Å². The zero-order valence-electron chi connectivity index (χ0n) is 14.3. The second-order valence-electron chi connectivity index (χ2n) is 5.95. The van der Waals surface area contributed by atoms with Gasteiger partial charge >= 0.3 is 11.9 Å². The summed E-state index contributed by atoms with van der Waals surface area (Å²) < 4.78 is 5.96. The number of H-pyrrole nitrogens is 1. The summed E-state index contributed by atoms with van der Waals surface area (Å²) in [5, 5.41) is 26.1. The molecule has 1 aromatic heterocycles. The lowest BCUT2D eigenvalue weighted by Gasteiger charge is -2.35. The van der Waals surface area contributed by atoms with Gasteiger partial charge in [-0.2, -0.15) is 0 Å². The number of hydrogen-bond donors (Lipinski definition) is 4. The molecule has 2 aromatic rings. The van der Waals surface area contributed by atoms with Crippen LogP contribution in [0.25, 0.3) is 10.9 Å². The number of aliphatic hydroxyl groups excluding tert-OH is 1. The van der Waals surface area contributed by atoms with Crippen LogP contribution >= 0.6 is 0 Å². The average Bonchev–Trinajstić information content (AvgIpc) is 3.08. The van der Waals surface area contributed by atoms with E-state index in [0.717, 1.165) is 18.6 Å². The summed E-state index contributed by atoms with van der Waals surface area (Å²) in [6.45, 7) is 1.72. The van der Waals surface area contributed by atoms with E-state index < -0.39 is 11.9 Å². The lowest BCUT2D eigenvalue weighted by molar-refractivity contribution is -0.134. The van der Waals surface area contributed by atoms with Crippen molar-refractivity contribution in [1.29, 1.82) is 0 Å². The zero-order valence-corrected chi connectivity index (χ0v) is 14.3. The largest absolute Gasteiger partial charge is 0.478 e. The van der Waals surface area contributed by atoms with Crippen LogP contribution in [0.1, 0.15) is 11.7 Å². The highest BCUT2D eigenvalue weighted by Gasteiger charge is 2.27. The molecule has 0 radical (unpaired) electrons. The van der Waals surface area contributed by atoms with Crippen molar-refractivity contribution in [2.75, 3.05) is 26.7 Å². The standard InChI is InChI=1S/C14H18N2O2.C4H4O4/c1-16-7-10(9-17)18-14(8-16)12-3-2-4-13-11(12)5-6-15-13;5-3(6)1-2-4(7)8/h2-6,10,14-15,17H,7-9H2,1H3;1-2H,(H,5,6)(H,7,8)/b;2-1+/t10-,14+;/m1./s1. The van der Waals surface area contributed by atoms with E-state index in [1.165, 1.54) is 10.9 Å². The van der Waals surface area contributed by atoms with Crippen molar-refractivity contribution < 1.29 is 29.6 Å². The molecule has 4 N–H and O–H groups in total. The lowest BCUT2D eigenvalue weighted by atomic mass is 10.0. The summed E-state index contributed by atoms with van der Waals surface area (Å²) in [5.41, 5.74) is 2.32. The molecule has 1 aliphatic heterocycles. The number of aromatic nitrogens is 1. The van der Waals surface area contributed by atoms with E-state index in [0.29, 0.717) is 12.2 Å². The van der Waals surface area contributed by atoms with E-state index in [9.17, 15) is 14.7 Å². The van der Waals surface area contributed by atoms with Crippen LogP contribution in [0.15, 0.2) is 42.6 Å². The Morgan fingerprint density at radius 3 is 2.54 bits per heavy atom. The molecule has 1 saturated heterocycles. The van der Waals surface area contributed by atoms with Crippen molar-refractivity contribution in [3.63, 3.8) is 0 Å². The molecular formula is C18H22N2O6. The minimum Gasteiger partial charge on any atom is -0.478 e. The first-order chi connectivity index (χ1) is 12.4. The third-order valence-corrected chi connectivity index (χ3v) is 3.90. The number of hydrogen-bond acceptors (Lipinski definition) is 5. The fraction of sp³-hybridized carbons (Fsp3) is 0.333. The number of ether oxygens (including phenoxy) is 1. The first kappa shape index (κ1) is 19.6. The molecule has 26 heavy (non-hydrogen) atoms. The van der Waals surface area contributed by atoms with Gasteiger partial charge in [0.1, 0.15) is 0 Å². The Labute approximate surface area is 150 Å². The van der Waals surface area contributed by atoms with Crippen LogP contribution in [0.2, 0.25) is 0 Å². The molecule has 2 atom stereocenters. The molecule has 0 aliphatic carbocycles. The number of fused-ring (bicyclic) bond motifs is 1. The number of carbonyl (C=O) groups is 2. The van der Waals surface area contributed by atoms with Crippen molar-refractivity contribution >= 4 is 22.8 Å². The summed E-state index contributed by atoms with van der Waals surface area (Å²) in [7, 11) is 2.06. The molecule has 3 rings (SSSR count). The third-order valence-electron chi connectivity index (χ3n) is 3.90. The number of likely N-dealkylation sites (N-methyl/N-ethyl adjacent to an activating group) is 1. The number of carboxylic acid groups (broad SMARTS) is 2. The Bertz CT molecular complexity index is 769. The number of nitrogens with zero attached hydrogens (tertiary/aromatic N) is 1. The van der Waals surface area contributed by atoms with Gasteiger partial charge in [-0.25, -0.2) is 9.59 Å². The molecule has 0 unspecified atom stereocenters. The van der Waals surface area contributed by atoms with Crippen LogP contribution < -0.4 is 0 Å². The van der Waals surface area contributed by atoms with Gasteiger partial charge in [0.15, 0.2) is 0 Å². The normalized spacial score (nSPS) is 20.7. The van der Waals surface area contributed by atoms with Gasteiger partial charge in [0, 0.05) is 42.3 Å². The van der Waals surface area contributed by atoms with E-state index >= 15 is 0 Å². The predicted molar refractivity (Wildman–Crippen MR) is 94.9 cm³/mol. The van der Waals surface area contributed by atoms with E-state index in [4.69, 9.17) is 14.9 Å². The Balaban J connectivity index is 0.000000260. The van der Waals surface area contributed by atoms with Crippen LogP contribution in [-0.2, 0) is 14.3 Å². The van der Waals surface area contributed by atoms with E-state index in [1.807, 2.05) is 12.3 Å². The summed E-state index contributed by atoms with van der Waals surface area (Å²) in [6, 6.07) is 8.29. The van der Waals surface area contributed by atoms with Gasteiger partial charge in [-0.15, -0.1) is 0 Å². The number of morpholine rings is 1. The third kappa shape index (κ3) is 5.41. The number of rotatable bonds is 4. The second-order valence-corrected chi connectivity index (χ2v) is 5.95. The molecule has 1 aliphatic rings. The second kappa shape index (κ2) is 9.14. The number of aromatic amines is 1. The van der Waals surface area contributed by atoms with Crippen molar-refractivity contribution in [3.05, 3.63) is 48.2 Å². The maximum absolute atomic E-state index is 9.55. The molecule has 8 nitrogen and oxygen atoms in total. The molecule has 2 heterocycles. The van der Waals surface area contributed by atoms with Gasteiger partial charge in [0.2, 0.25) is 0 Å². The highest BCUT2D eigenvalue weighted by molar-refractivity contribution is 5.89. The van der Waals surface area contributed by atoms with Gasteiger partial charge in [-0.1, -0.05) is 12.1 Å². The minimum absolute atomic E-state index is 0.0281. The number of nitrogens with one attached hydrogen (secondary N) is 1. The Morgan fingerprint density at radius 1 is 1.23 bits per heavy atom. The molecule has 1 fully saturated rings. The number of carboxylic acids is 2. The van der Waals surface area contributed by atoms with Crippen molar-refractivity contribution in [2.45, 2.75) is 12.2 Å². The van der Waals surface area contributed by atoms with Gasteiger partial charge in [-0.05, 0) is 24.7 Å². The highest BCUT2D eigenvalue weighted by Crippen LogP contribution is 2.30. The average molecular weight is 362 g/mol. The SMILES string of the molecule is CN1C[C@H](CO)O[C@H](c2cccc3[nH]ccc23)C1.O=C(O)/C=C/C(=O)O. The zero-order chi connectivity index (χ0) is 19.1. The van der Waals surface area contributed by atoms with Crippen molar-refractivity contribution in [1.82, 2.24) is 9.88 Å². The molecule has 140 valence electrons. The summed E-state index contributed by atoms with van der Waals surface area (Å²) in [6.07, 6.45) is 3.00. The minimum atomic E-state index is -1.26. The van der Waals surface area contributed by atoms with E-state index in [1.54, 1.807) is 0 Å². The molecule has 0 bridgehead atoms.